The van der Waals surface area contributed by atoms with Gasteiger partial charge in [0.15, 0.2) is 0 Å². The number of methoxy groups -OCH3 is 1. The second-order valence-electron chi connectivity index (χ2n) is 5.27. The number of benzene rings is 1. The molecule has 1 rings (SSSR count). The molecule has 0 aliphatic heterocycles. The van der Waals surface area contributed by atoms with Gasteiger partial charge in [0.1, 0.15) is 5.75 Å². The van der Waals surface area contributed by atoms with Gasteiger partial charge < -0.3 is 10.5 Å². The van der Waals surface area contributed by atoms with Gasteiger partial charge in [0.25, 0.3) is 0 Å². The van der Waals surface area contributed by atoms with Crippen LogP contribution in [0, 0.1) is 5.41 Å². The van der Waals surface area contributed by atoms with Crippen molar-refractivity contribution in [3.05, 3.63) is 29.8 Å². The van der Waals surface area contributed by atoms with Crippen LogP contribution in [0.2, 0.25) is 0 Å². The van der Waals surface area contributed by atoms with Gasteiger partial charge in [0, 0.05) is 0 Å². The van der Waals surface area contributed by atoms with E-state index in [1.54, 1.807) is 7.11 Å². The summed E-state index contributed by atoms with van der Waals surface area (Å²) in [6, 6.07) is 8.30. The van der Waals surface area contributed by atoms with E-state index in [0.717, 1.165) is 18.7 Å². The Balaban J connectivity index is 3.01. The van der Waals surface area contributed by atoms with Crippen molar-refractivity contribution in [1.82, 2.24) is 0 Å². The van der Waals surface area contributed by atoms with Gasteiger partial charge in [-0.15, -0.1) is 0 Å². The molecular formula is C14H23NO. The van der Waals surface area contributed by atoms with Crippen LogP contribution < -0.4 is 10.5 Å². The number of ether oxygens (including phenoxy) is 1. The van der Waals surface area contributed by atoms with Crippen molar-refractivity contribution in [1.29, 1.82) is 0 Å². The molecule has 0 bridgehead atoms. The zero-order valence-corrected chi connectivity index (χ0v) is 10.8. The second kappa shape index (κ2) is 5.35. The largest absolute Gasteiger partial charge is 0.497 e. The smallest absolute Gasteiger partial charge is 0.119 e. The number of nitrogens with two attached hydrogens (primary N) is 1. The van der Waals surface area contributed by atoms with E-state index in [9.17, 15) is 0 Å². The van der Waals surface area contributed by atoms with Crippen molar-refractivity contribution < 1.29 is 4.74 Å². The lowest BCUT2D eigenvalue weighted by atomic mass is 9.74. The molecule has 16 heavy (non-hydrogen) atoms. The molecule has 1 unspecified atom stereocenters. The number of hydrogen-bond acceptors (Lipinski definition) is 2. The molecule has 2 nitrogen and oxygen atoms in total. The second-order valence-corrected chi connectivity index (χ2v) is 5.27. The standard InChI is InChI=1S/C14H23NO/c1-14(2,3)13(8-9-15)11-6-5-7-12(10-11)16-4/h5-7,10,13H,8-9,15H2,1-4H3. The maximum atomic E-state index is 5.70. The van der Waals surface area contributed by atoms with Gasteiger partial charge in [0.05, 0.1) is 7.11 Å². The summed E-state index contributed by atoms with van der Waals surface area (Å²) < 4.78 is 5.26. The summed E-state index contributed by atoms with van der Waals surface area (Å²) in [6.07, 6.45) is 1.01. The van der Waals surface area contributed by atoms with E-state index in [0.29, 0.717) is 5.92 Å². The van der Waals surface area contributed by atoms with Crippen LogP contribution in [-0.4, -0.2) is 13.7 Å². The maximum Gasteiger partial charge on any atom is 0.119 e. The maximum absolute atomic E-state index is 5.70. The summed E-state index contributed by atoms with van der Waals surface area (Å²) in [5.74, 6) is 1.40. The van der Waals surface area contributed by atoms with Crippen LogP contribution in [0.1, 0.15) is 38.7 Å². The van der Waals surface area contributed by atoms with Gasteiger partial charge >= 0.3 is 0 Å². The molecule has 0 saturated heterocycles. The van der Waals surface area contributed by atoms with Gasteiger partial charge in [-0.1, -0.05) is 32.9 Å². The molecule has 0 fully saturated rings. The first kappa shape index (κ1) is 13.0. The molecule has 0 heterocycles. The molecule has 0 amide bonds. The van der Waals surface area contributed by atoms with Crippen LogP contribution in [0.15, 0.2) is 24.3 Å². The zero-order chi connectivity index (χ0) is 12.2. The topological polar surface area (TPSA) is 35.2 Å². The molecule has 0 aliphatic rings. The Bertz CT molecular complexity index is 328. The fourth-order valence-electron chi connectivity index (χ4n) is 2.12. The molecular weight excluding hydrogens is 198 g/mol. The minimum absolute atomic E-state index is 0.228. The monoisotopic (exact) mass is 221 g/mol. The SMILES string of the molecule is COc1cccc(C(CCN)C(C)(C)C)c1. The Morgan fingerprint density at radius 3 is 2.50 bits per heavy atom. The van der Waals surface area contributed by atoms with E-state index in [2.05, 4.69) is 32.9 Å². The molecule has 2 heteroatoms. The van der Waals surface area contributed by atoms with Gasteiger partial charge in [0.2, 0.25) is 0 Å². The quantitative estimate of drug-likeness (QED) is 0.847. The van der Waals surface area contributed by atoms with Gasteiger partial charge in [-0.25, -0.2) is 0 Å². The molecule has 90 valence electrons. The Morgan fingerprint density at radius 2 is 2.00 bits per heavy atom. The lowest BCUT2D eigenvalue weighted by Gasteiger charge is -2.31. The van der Waals surface area contributed by atoms with Gasteiger partial charge in [-0.3, -0.25) is 0 Å². The Hall–Kier alpha value is -1.02. The molecule has 1 atom stereocenters. The van der Waals surface area contributed by atoms with E-state index >= 15 is 0 Å². The molecule has 1 aromatic carbocycles. The normalized spacial score (nSPS) is 13.6. The predicted molar refractivity (Wildman–Crippen MR) is 68.9 cm³/mol. The Kier molecular flexibility index (Phi) is 4.36. The lowest BCUT2D eigenvalue weighted by Crippen LogP contribution is -2.21. The minimum Gasteiger partial charge on any atom is -0.497 e. The highest BCUT2D eigenvalue weighted by Gasteiger charge is 2.25. The minimum atomic E-state index is 0.228. The summed E-state index contributed by atoms with van der Waals surface area (Å²) >= 11 is 0. The molecule has 0 aromatic heterocycles. The fraction of sp³-hybridized carbons (Fsp3) is 0.571. The molecule has 1 aromatic rings. The average molecular weight is 221 g/mol. The van der Waals surface area contributed by atoms with E-state index in [4.69, 9.17) is 10.5 Å². The molecule has 0 spiro atoms. The van der Waals surface area contributed by atoms with Crippen LogP contribution in [0.25, 0.3) is 0 Å². The number of hydrogen-bond donors (Lipinski definition) is 1. The van der Waals surface area contributed by atoms with Gasteiger partial charge in [-0.05, 0) is 42.0 Å². The van der Waals surface area contributed by atoms with E-state index in [-0.39, 0.29) is 5.41 Å². The lowest BCUT2D eigenvalue weighted by molar-refractivity contribution is 0.306. The first-order valence-electron chi connectivity index (χ1n) is 5.83. The molecule has 0 radical (unpaired) electrons. The van der Waals surface area contributed by atoms with Crippen LogP contribution in [0.4, 0.5) is 0 Å². The summed E-state index contributed by atoms with van der Waals surface area (Å²) in [6.45, 7) is 7.49. The highest BCUT2D eigenvalue weighted by Crippen LogP contribution is 2.38. The zero-order valence-electron chi connectivity index (χ0n) is 10.8. The Morgan fingerprint density at radius 1 is 1.31 bits per heavy atom. The summed E-state index contributed by atoms with van der Waals surface area (Å²) in [5, 5.41) is 0. The highest BCUT2D eigenvalue weighted by atomic mass is 16.5. The Labute approximate surface area is 98.8 Å². The summed E-state index contributed by atoms with van der Waals surface area (Å²) in [4.78, 5) is 0. The van der Waals surface area contributed by atoms with Crippen molar-refractivity contribution >= 4 is 0 Å². The predicted octanol–water partition coefficient (Wildman–Crippen LogP) is 3.17. The third kappa shape index (κ3) is 3.24. The van der Waals surface area contributed by atoms with Crippen molar-refractivity contribution in [2.45, 2.75) is 33.1 Å². The van der Waals surface area contributed by atoms with Crippen molar-refractivity contribution in [3.8, 4) is 5.75 Å². The summed E-state index contributed by atoms with van der Waals surface area (Å²) in [7, 11) is 1.70. The fourth-order valence-corrected chi connectivity index (χ4v) is 2.12. The van der Waals surface area contributed by atoms with Crippen LogP contribution in [0.3, 0.4) is 0 Å². The van der Waals surface area contributed by atoms with E-state index < -0.39 is 0 Å². The van der Waals surface area contributed by atoms with Crippen LogP contribution in [-0.2, 0) is 0 Å². The van der Waals surface area contributed by atoms with E-state index in [1.165, 1.54) is 5.56 Å². The molecule has 2 N–H and O–H groups in total. The third-order valence-electron chi connectivity index (χ3n) is 3.00. The van der Waals surface area contributed by atoms with Crippen LogP contribution >= 0.6 is 0 Å². The van der Waals surface area contributed by atoms with Crippen LogP contribution in [0.5, 0.6) is 5.75 Å². The van der Waals surface area contributed by atoms with Gasteiger partial charge in [-0.2, -0.15) is 0 Å². The highest BCUT2D eigenvalue weighted by molar-refractivity contribution is 5.31. The summed E-state index contributed by atoms with van der Waals surface area (Å²) in [5.41, 5.74) is 7.25. The third-order valence-corrected chi connectivity index (χ3v) is 3.00. The average Bonchev–Trinajstić information content (AvgIpc) is 2.24. The molecule has 0 aliphatic carbocycles. The van der Waals surface area contributed by atoms with E-state index in [1.807, 2.05) is 12.1 Å². The first-order chi connectivity index (χ1) is 7.49. The van der Waals surface area contributed by atoms with Crippen molar-refractivity contribution in [3.63, 3.8) is 0 Å². The van der Waals surface area contributed by atoms with Crippen molar-refractivity contribution in [2.24, 2.45) is 11.1 Å². The first-order valence-corrected chi connectivity index (χ1v) is 5.83. The number of rotatable bonds is 4. The van der Waals surface area contributed by atoms with Crippen molar-refractivity contribution in [2.75, 3.05) is 13.7 Å². The molecule has 0 saturated carbocycles.